The average molecular weight is 372 g/mol. The molecular weight excluding hydrogens is 352 g/mol. The van der Waals surface area contributed by atoms with Crippen LogP contribution in [0.4, 0.5) is 5.82 Å². The Hall–Kier alpha value is -2.61. The lowest BCUT2D eigenvalue weighted by Crippen LogP contribution is -2.06. The van der Waals surface area contributed by atoms with Gasteiger partial charge in [-0.3, -0.25) is 4.79 Å². The second-order valence-corrected chi connectivity index (χ2v) is 6.98. The highest BCUT2D eigenvalue weighted by atomic mass is 32.2. The molecule has 1 amide bonds. The van der Waals surface area contributed by atoms with E-state index in [1.165, 1.54) is 11.8 Å². The van der Waals surface area contributed by atoms with E-state index in [2.05, 4.69) is 20.3 Å². The van der Waals surface area contributed by atoms with Gasteiger partial charge in [0.2, 0.25) is 0 Å². The topological polar surface area (TPSA) is 97.0 Å². The minimum Gasteiger partial charge on any atom is -0.462 e. The minimum absolute atomic E-state index is 0.239. The van der Waals surface area contributed by atoms with Crippen LogP contribution in [0, 0.1) is 13.8 Å². The summed E-state index contributed by atoms with van der Waals surface area (Å²) in [5.41, 5.74) is 3.76. The summed E-state index contributed by atoms with van der Waals surface area (Å²) in [6, 6.07) is 0. The number of aromatic amines is 1. The molecule has 0 atom stereocenters. The Balaban J connectivity index is 2.01. The first-order chi connectivity index (χ1) is 12.5. The summed E-state index contributed by atoms with van der Waals surface area (Å²) in [5, 5.41) is 3.40. The van der Waals surface area contributed by atoms with E-state index < -0.39 is 0 Å². The fourth-order valence-electron chi connectivity index (χ4n) is 2.87. The molecule has 1 aliphatic heterocycles. The monoisotopic (exact) mass is 372 g/mol. The van der Waals surface area contributed by atoms with Crippen molar-refractivity contribution < 1.29 is 14.3 Å². The molecule has 8 heteroatoms. The number of aromatic nitrogens is 3. The van der Waals surface area contributed by atoms with Crippen LogP contribution in [0.5, 0.6) is 0 Å². The Bertz CT molecular complexity index is 917. The van der Waals surface area contributed by atoms with Gasteiger partial charge < -0.3 is 15.0 Å². The number of hydrogen-bond acceptors (Lipinski definition) is 6. The van der Waals surface area contributed by atoms with Gasteiger partial charge in [0.1, 0.15) is 5.82 Å². The van der Waals surface area contributed by atoms with Crippen LogP contribution >= 0.6 is 11.8 Å². The summed E-state index contributed by atoms with van der Waals surface area (Å²) in [6.45, 7) is 7.73. The highest BCUT2D eigenvalue weighted by Crippen LogP contribution is 2.33. The number of ether oxygens (including phenoxy) is 1. The maximum Gasteiger partial charge on any atom is 0.340 e. The van der Waals surface area contributed by atoms with Gasteiger partial charge in [-0.05, 0) is 38.2 Å². The number of hydrogen-bond donors (Lipinski definition) is 2. The molecule has 0 radical (unpaired) electrons. The molecule has 0 aliphatic carbocycles. The van der Waals surface area contributed by atoms with E-state index >= 15 is 0 Å². The number of carbonyl (C=O) groups is 2. The second kappa shape index (κ2) is 7.33. The number of nitrogens with one attached hydrogen (secondary N) is 2. The van der Waals surface area contributed by atoms with Crippen molar-refractivity contribution in [3.05, 3.63) is 34.3 Å². The van der Waals surface area contributed by atoms with E-state index in [1.54, 1.807) is 26.1 Å². The molecule has 2 aromatic heterocycles. The van der Waals surface area contributed by atoms with Gasteiger partial charge in [-0.25, -0.2) is 14.8 Å². The first-order valence-electron chi connectivity index (χ1n) is 8.35. The van der Waals surface area contributed by atoms with Crippen LogP contribution in [0.3, 0.4) is 0 Å². The minimum atomic E-state index is -0.371. The van der Waals surface area contributed by atoms with Gasteiger partial charge >= 0.3 is 5.97 Å². The molecule has 0 bridgehead atoms. The molecule has 0 spiro atoms. The van der Waals surface area contributed by atoms with Gasteiger partial charge in [-0.1, -0.05) is 18.7 Å². The lowest BCUT2D eigenvalue weighted by Gasteiger charge is -2.02. The van der Waals surface area contributed by atoms with E-state index in [1.807, 2.05) is 13.8 Å². The number of anilines is 1. The number of nitrogens with zero attached hydrogens (tertiary/aromatic N) is 2. The van der Waals surface area contributed by atoms with Crippen molar-refractivity contribution in [1.82, 2.24) is 15.0 Å². The van der Waals surface area contributed by atoms with Gasteiger partial charge in [0.15, 0.2) is 5.16 Å². The lowest BCUT2D eigenvalue weighted by molar-refractivity contribution is -0.110. The van der Waals surface area contributed by atoms with Crippen molar-refractivity contribution in [2.24, 2.45) is 0 Å². The maximum atomic E-state index is 12.4. The van der Waals surface area contributed by atoms with Crippen molar-refractivity contribution in [3.8, 4) is 0 Å². The fraction of sp³-hybridized carbons (Fsp3) is 0.333. The number of aryl methyl sites for hydroxylation is 1. The van der Waals surface area contributed by atoms with Crippen molar-refractivity contribution in [2.45, 2.75) is 32.9 Å². The fourth-order valence-corrected chi connectivity index (χ4v) is 3.41. The molecule has 0 unspecified atom stereocenters. The molecular formula is C18H20N4O3S. The average Bonchev–Trinajstić information content (AvgIpc) is 3.04. The van der Waals surface area contributed by atoms with Crippen LogP contribution in [0.15, 0.2) is 11.4 Å². The molecule has 26 heavy (non-hydrogen) atoms. The Morgan fingerprint density at radius 1 is 1.35 bits per heavy atom. The molecule has 3 heterocycles. The number of H-pyrrole nitrogens is 1. The van der Waals surface area contributed by atoms with Crippen LogP contribution in [-0.4, -0.2) is 39.2 Å². The number of fused-ring (bicyclic) bond motifs is 1. The number of esters is 1. The van der Waals surface area contributed by atoms with Crippen molar-refractivity contribution in [2.75, 3.05) is 17.7 Å². The van der Waals surface area contributed by atoms with E-state index in [-0.39, 0.29) is 11.9 Å². The van der Waals surface area contributed by atoms with E-state index in [9.17, 15) is 9.59 Å². The molecule has 2 N–H and O–H groups in total. The lowest BCUT2D eigenvalue weighted by atomic mass is 10.1. The molecule has 0 saturated heterocycles. The Morgan fingerprint density at radius 3 is 2.81 bits per heavy atom. The van der Waals surface area contributed by atoms with Gasteiger partial charge in [0.05, 0.1) is 17.7 Å². The largest absolute Gasteiger partial charge is 0.462 e. The summed E-state index contributed by atoms with van der Waals surface area (Å²) < 4.78 is 5.11. The first-order valence-corrected chi connectivity index (χ1v) is 9.34. The highest BCUT2D eigenvalue weighted by Gasteiger charge is 2.27. The predicted octanol–water partition coefficient (Wildman–Crippen LogP) is 3.20. The number of amides is 1. The Morgan fingerprint density at radius 2 is 2.12 bits per heavy atom. The quantitative estimate of drug-likeness (QED) is 0.362. The smallest absolute Gasteiger partial charge is 0.340 e. The van der Waals surface area contributed by atoms with E-state index in [0.717, 1.165) is 11.3 Å². The van der Waals surface area contributed by atoms with Gasteiger partial charge in [0, 0.05) is 23.1 Å². The van der Waals surface area contributed by atoms with Crippen LogP contribution in [-0.2, 0) is 9.53 Å². The summed E-state index contributed by atoms with van der Waals surface area (Å²) in [7, 11) is 0. The third kappa shape index (κ3) is 3.24. The summed E-state index contributed by atoms with van der Waals surface area (Å²) in [4.78, 5) is 36.4. The normalized spacial score (nSPS) is 14.5. The van der Waals surface area contributed by atoms with Gasteiger partial charge in [-0.2, -0.15) is 0 Å². The van der Waals surface area contributed by atoms with Crippen molar-refractivity contribution in [1.29, 1.82) is 0 Å². The zero-order chi connectivity index (χ0) is 18.8. The molecule has 0 aromatic carbocycles. The highest BCUT2D eigenvalue weighted by molar-refractivity contribution is 7.99. The Kier molecular flexibility index (Phi) is 5.13. The van der Waals surface area contributed by atoms with E-state index in [4.69, 9.17) is 4.74 Å². The van der Waals surface area contributed by atoms with Crippen LogP contribution in [0.1, 0.15) is 46.7 Å². The number of rotatable bonds is 5. The van der Waals surface area contributed by atoms with E-state index in [0.29, 0.717) is 45.7 Å². The van der Waals surface area contributed by atoms with Crippen LogP contribution < -0.4 is 5.32 Å². The molecule has 0 fully saturated rings. The second-order valence-electron chi connectivity index (χ2n) is 5.74. The van der Waals surface area contributed by atoms with Crippen molar-refractivity contribution >= 4 is 41.1 Å². The zero-order valence-electron chi connectivity index (χ0n) is 15.1. The standard InChI is InChI=1S/C18H20N4O3S/c1-5-25-17(24)14-9(3)13(20-10(14)4)7-11-12-8-19-18(26-6-2)22-15(12)21-16(11)23/h7-8,20H,5-6H2,1-4H3,(H,19,21,22,23). The summed E-state index contributed by atoms with van der Waals surface area (Å²) >= 11 is 1.51. The molecule has 0 saturated carbocycles. The molecule has 1 aliphatic rings. The number of carbonyl (C=O) groups excluding carboxylic acids is 2. The van der Waals surface area contributed by atoms with Crippen LogP contribution in [0.25, 0.3) is 11.6 Å². The molecule has 136 valence electrons. The van der Waals surface area contributed by atoms with Crippen LogP contribution in [0.2, 0.25) is 0 Å². The molecule has 7 nitrogen and oxygen atoms in total. The zero-order valence-corrected chi connectivity index (χ0v) is 15.9. The third-order valence-electron chi connectivity index (χ3n) is 4.05. The molecule has 3 rings (SSSR count). The third-order valence-corrected chi connectivity index (χ3v) is 4.79. The van der Waals surface area contributed by atoms with Gasteiger partial charge in [0.25, 0.3) is 5.91 Å². The molecule has 2 aromatic rings. The first kappa shape index (κ1) is 18.2. The summed E-state index contributed by atoms with van der Waals surface area (Å²) in [6.07, 6.45) is 3.38. The summed E-state index contributed by atoms with van der Waals surface area (Å²) in [5.74, 6) is 0.757. The van der Waals surface area contributed by atoms with Gasteiger partial charge in [-0.15, -0.1) is 0 Å². The maximum absolute atomic E-state index is 12.4. The predicted molar refractivity (Wildman–Crippen MR) is 101 cm³/mol. The number of thioether (sulfide) groups is 1. The SMILES string of the molecule is CCOC(=O)c1c(C)[nH]c(C=C2C(=O)Nc3nc(SCC)ncc32)c1C. The van der Waals surface area contributed by atoms with Crippen molar-refractivity contribution in [3.63, 3.8) is 0 Å². The Labute approximate surface area is 155 Å².